The highest BCUT2D eigenvalue weighted by atomic mass is 16.2. The second-order valence-corrected chi connectivity index (χ2v) is 3.48. The summed E-state index contributed by atoms with van der Waals surface area (Å²) in [4.78, 5) is 17.7. The van der Waals surface area contributed by atoms with E-state index < -0.39 is 0 Å². The van der Waals surface area contributed by atoms with E-state index >= 15 is 0 Å². The molecule has 1 aromatic rings. The summed E-state index contributed by atoms with van der Waals surface area (Å²) in [6, 6.07) is 0. The van der Waals surface area contributed by atoms with Crippen LogP contribution in [0.3, 0.4) is 0 Å². The Morgan fingerprint density at radius 1 is 1.47 bits per heavy atom. The predicted octanol–water partition coefficient (Wildman–Crippen LogP) is 1.45. The van der Waals surface area contributed by atoms with Crippen molar-refractivity contribution in [1.82, 2.24) is 14.5 Å². The molecule has 0 fully saturated rings. The Bertz CT molecular complexity index is 315. The zero-order valence-corrected chi connectivity index (χ0v) is 9.73. The zero-order chi connectivity index (χ0) is 11.3. The topological polar surface area (TPSA) is 38.1 Å². The first-order valence-corrected chi connectivity index (χ1v) is 5.44. The van der Waals surface area contributed by atoms with Gasteiger partial charge in [0.25, 0.3) is 0 Å². The molecule has 0 radical (unpaired) electrons. The normalized spacial score (nSPS) is 10.3. The summed E-state index contributed by atoms with van der Waals surface area (Å²) < 4.78 is 2.00. The van der Waals surface area contributed by atoms with Gasteiger partial charge in [-0.25, -0.2) is 4.98 Å². The number of aryl methyl sites for hydroxylation is 2. The lowest BCUT2D eigenvalue weighted by Gasteiger charge is -2.18. The SMILES string of the molecule is CCN(CC)C(=O)CCn1ccnc1C. The standard InChI is InChI=1S/C11H19N3O/c1-4-13(5-2)11(15)6-8-14-9-7-12-10(14)3/h7,9H,4-6,8H2,1-3H3. The number of rotatable bonds is 5. The number of amides is 1. The van der Waals surface area contributed by atoms with Crippen LogP contribution < -0.4 is 0 Å². The average molecular weight is 209 g/mol. The first-order valence-electron chi connectivity index (χ1n) is 5.44. The van der Waals surface area contributed by atoms with Crippen LogP contribution in [0.2, 0.25) is 0 Å². The van der Waals surface area contributed by atoms with Gasteiger partial charge in [0.05, 0.1) is 0 Å². The third-order valence-corrected chi connectivity index (χ3v) is 2.61. The molecule has 0 aromatic carbocycles. The molecule has 0 saturated carbocycles. The highest BCUT2D eigenvalue weighted by Gasteiger charge is 2.09. The molecule has 0 N–H and O–H groups in total. The number of imidazole rings is 1. The van der Waals surface area contributed by atoms with Crippen LogP contribution in [0.15, 0.2) is 12.4 Å². The average Bonchev–Trinajstić information content (AvgIpc) is 2.63. The van der Waals surface area contributed by atoms with E-state index in [1.807, 2.05) is 36.4 Å². The van der Waals surface area contributed by atoms with E-state index in [9.17, 15) is 4.79 Å². The fourth-order valence-electron chi connectivity index (χ4n) is 1.59. The Hall–Kier alpha value is -1.32. The van der Waals surface area contributed by atoms with Gasteiger partial charge >= 0.3 is 0 Å². The van der Waals surface area contributed by atoms with Crippen molar-refractivity contribution in [1.29, 1.82) is 0 Å². The second-order valence-electron chi connectivity index (χ2n) is 3.48. The Balaban J connectivity index is 2.43. The van der Waals surface area contributed by atoms with Gasteiger partial charge in [0.15, 0.2) is 0 Å². The molecule has 0 spiro atoms. The van der Waals surface area contributed by atoms with Gasteiger partial charge in [0, 0.05) is 38.4 Å². The van der Waals surface area contributed by atoms with Crippen LogP contribution in [0.5, 0.6) is 0 Å². The van der Waals surface area contributed by atoms with Crippen LogP contribution in [-0.2, 0) is 11.3 Å². The zero-order valence-electron chi connectivity index (χ0n) is 9.73. The predicted molar refractivity (Wildman–Crippen MR) is 59.5 cm³/mol. The van der Waals surface area contributed by atoms with Gasteiger partial charge in [0.1, 0.15) is 5.82 Å². The molecule has 0 atom stereocenters. The molecule has 0 unspecified atom stereocenters. The van der Waals surface area contributed by atoms with Crippen LogP contribution in [0, 0.1) is 6.92 Å². The summed E-state index contributed by atoms with van der Waals surface area (Å²) >= 11 is 0. The maximum absolute atomic E-state index is 11.7. The van der Waals surface area contributed by atoms with Crippen molar-refractivity contribution >= 4 is 5.91 Å². The molecular weight excluding hydrogens is 190 g/mol. The maximum atomic E-state index is 11.7. The lowest BCUT2D eigenvalue weighted by atomic mass is 10.3. The number of carbonyl (C=O) groups is 1. The van der Waals surface area contributed by atoms with E-state index in [1.165, 1.54) is 0 Å². The smallest absolute Gasteiger partial charge is 0.224 e. The molecular formula is C11H19N3O. The van der Waals surface area contributed by atoms with Gasteiger partial charge in [0.2, 0.25) is 5.91 Å². The van der Waals surface area contributed by atoms with Gasteiger partial charge in [-0.15, -0.1) is 0 Å². The summed E-state index contributed by atoms with van der Waals surface area (Å²) in [6.45, 7) is 8.26. The van der Waals surface area contributed by atoms with Crippen molar-refractivity contribution in [3.8, 4) is 0 Å². The number of nitrogens with zero attached hydrogens (tertiary/aromatic N) is 3. The quantitative estimate of drug-likeness (QED) is 0.736. The fourth-order valence-corrected chi connectivity index (χ4v) is 1.59. The summed E-state index contributed by atoms with van der Waals surface area (Å²) in [7, 11) is 0. The maximum Gasteiger partial charge on any atom is 0.224 e. The molecule has 84 valence electrons. The first-order chi connectivity index (χ1) is 7.19. The molecule has 4 nitrogen and oxygen atoms in total. The monoisotopic (exact) mass is 209 g/mol. The molecule has 0 aliphatic carbocycles. The van der Waals surface area contributed by atoms with E-state index in [0.717, 1.165) is 25.5 Å². The largest absolute Gasteiger partial charge is 0.343 e. The summed E-state index contributed by atoms with van der Waals surface area (Å²) in [5.41, 5.74) is 0. The summed E-state index contributed by atoms with van der Waals surface area (Å²) in [5, 5.41) is 0. The van der Waals surface area contributed by atoms with Gasteiger partial charge < -0.3 is 9.47 Å². The number of aromatic nitrogens is 2. The molecule has 0 aliphatic heterocycles. The molecule has 0 aliphatic rings. The molecule has 1 aromatic heterocycles. The molecule has 4 heteroatoms. The fraction of sp³-hybridized carbons (Fsp3) is 0.636. The van der Waals surface area contributed by atoms with E-state index in [4.69, 9.17) is 0 Å². The third-order valence-electron chi connectivity index (χ3n) is 2.61. The van der Waals surface area contributed by atoms with Crippen molar-refractivity contribution in [2.75, 3.05) is 13.1 Å². The second kappa shape index (κ2) is 5.53. The van der Waals surface area contributed by atoms with Crippen molar-refractivity contribution in [2.45, 2.75) is 33.7 Å². The van der Waals surface area contributed by atoms with E-state index in [1.54, 1.807) is 6.20 Å². The van der Waals surface area contributed by atoms with Crippen LogP contribution in [-0.4, -0.2) is 33.4 Å². The van der Waals surface area contributed by atoms with E-state index in [0.29, 0.717) is 6.42 Å². The van der Waals surface area contributed by atoms with Gasteiger partial charge in [-0.3, -0.25) is 4.79 Å². The van der Waals surface area contributed by atoms with Gasteiger partial charge in [-0.05, 0) is 20.8 Å². The van der Waals surface area contributed by atoms with E-state index in [-0.39, 0.29) is 5.91 Å². The molecule has 1 rings (SSSR count). The lowest BCUT2D eigenvalue weighted by molar-refractivity contribution is -0.131. The minimum absolute atomic E-state index is 0.216. The highest BCUT2D eigenvalue weighted by molar-refractivity contribution is 5.76. The molecule has 1 amide bonds. The summed E-state index contributed by atoms with van der Waals surface area (Å²) in [6.07, 6.45) is 4.22. The van der Waals surface area contributed by atoms with Gasteiger partial charge in [-0.1, -0.05) is 0 Å². The van der Waals surface area contributed by atoms with E-state index in [2.05, 4.69) is 4.98 Å². The molecule has 0 saturated heterocycles. The first kappa shape index (κ1) is 11.8. The van der Waals surface area contributed by atoms with Crippen molar-refractivity contribution in [2.24, 2.45) is 0 Å². The van der Waals surface area contributed by atoms with Crippen LogP contribution >= 0.6 is 0 Å². The summed E-state index contributed by atoms with van der Waals surface area (Å²) in [5.74, 6) is 1.18. The number of carbonyl (C=O) groups excluding carboxylic acids is 1. The minimum Gasteiger partial charge on any atom is -0.343 e. The van der Waals surface area contributed by atoms with Crippen molar-refractivity contribution in [3.05, 3.63) is 18.2 Å². The van der Waals surface area contributed by atoms with Crippen molar-refractivity contribution in [3.63, 3.8) is 0 Å². The Morgan fingerprint density at radius 3 is 2.60 bits per heavy atom. The van der Waals surface area contributed by atoms with Crippen LogP contribution in [0.4, 0.5) is 0 Å². The molecule has 0 bridgehead atoms. The van der Waals surface area contributed by atoms with Crippen LogP contribution in [0.1, 0.15) is 26.1 Å². The highest BCUT2D eigenvalue weighted by Crippen LogP contribution is 2.00. The molecule has 1 heterocycles. The van der Waals surface area contributed by atoms with Crippen molar-refractivity contribution < 1.29 is 4.79 Å². The molecule has 15 heavy (non-hydrogen) atoms. The Kier molecular flexibility index (Phi) is 4.34. The van der Waals surface area contributed by atoms with Crippen LogP contribution in [0.25, 0.3) is 0 Å². The number of hydrogen-bond donors (Lipinski definition) is 0. The Labute approximate surface area is 90.9 Å². The minimum atomic E-state index is 0.216. The Morgan fingerprint density at radius 2 is 2.13 bits per heavy atom. The lowest BCUT2D eigenvalue weighted by Crippen LogP contribution is -2.31. The van der Waals surface area contributed by atoms with Gasteiger partial charge in [-0.2, -0.15) is 0 Å². The third kappa shape index (κ3) is 3.08. The number of hydrogen-bond acceptors (Lipinski definition) is 2.